The van der Waals surface area contributed by atoms with Gasteiger partial charge < -0.3 is 9.47 Å². The van der Waals surface area contributed by atoms with Gasteiger partial charge in [0.25, 0.3) is 0 Å². The van der Waals surface area contributed by atoms with E-state index >= 15 is 0 Å². The molecule has 0 radical (unpaired) electrons. The van der Waals surface area contributed by atoms with Crippen molar-refractivity contribution in [3.8, 4) is 17.0 Å². The fourth-order valence-corrected chi connectivity index (χ4v) is 2.33. The predicted octanol–water partition coefficient (Wildman–Crippen LogP) is 4.11. The summed E-state index contributed by atoms with van der Waals surface area (Å²) in [5.41, 5.74) is 3.02. The normalized spacial score (nSPS) is 10.2. The van der Waals surface area contributed by atoms with E-state index in [0.717, 1.165) is 11.1 Å². The molecule has 0 saturated carbocycles. The van der Waals surface area contributed by atoms with Gasteiger partial charge in [-0.05, 0) is 11.6 Å². The molecule has 0 aliphatic heterocycles. The van der Waals surface area contributed by atoms with E-state index in [2.05, 4.69) is 4.98 Å². The maximum atomic E-state index is 11.8. The Kier molecular flexibility index (Phi) is 4.87. The number of hydrogen-bond donors (Lipinski definition) is 0. The highest BCUT2D eigenvalue weighted by Gasteiger charge is 2.14. The molecule has 3 rings (SSSR count). The molecule has 0 N–H and O–H groups in total. The average molecular weight is 319 g/mol. The Labute approximate surface area is 140 Å². The van der Waals surface area contributed by atoms with Crippen molar-refractivity contribution in [3.63, 3.8) is 0 Å². The molecule has 3 aromatic rings. The molecule has 0 amide bonds. The van der Waals surface area contributed by atoms with E-state index in [1.807, 2.05) is 60.7 Å². The lowest BCUT2D eigenvalue weighted by Crippen LogP contribution is -2.05. The van der Waals surface area contributed by atoms with Crippen molar-refractivity contribution in [2.24, 2.45) is 0 Å². The number of carbonyl (C=O) groups excluding carboxylic acids is 1. The van der Waals surface area contributed by atoms with Gasteiger partial charge in [0.2, 0.25) is 0 Å². The quantitative estimate of drug-likeness (QED) is 0.664. The Morgan fingerprint density at radius 3 is 2.33 bits per heavy atom. The van der Waals surface area contributed by atoms with Gasteiger partial charge in [-0.15, -0.1) is 0 Å². The van der Waals surface area contributed by atoms with Crippen LogP contribution in [0.5, 0.6) is 5.75 Å². The minimum absolute atomic E-state index is 0.361. The summed E-state index contributed by atoms with van der Waals surface area (Å²) in [5, 5.41) is 0. The van der Waals surface area contributed by atoms with Crippen LogP contribution in [0.15, 0.2) is 72.9 Å². The fraction of sp³-hybridized carbons (Fsp3) is 0.100. The summed E-state index contributed by atoms with van der Waals surface area (Å²) < 4.78 is 10.7. The van der Waals surface area contributed by atoms with Crippen molar-refractivity contribution >= 4 is 5.97 Å². The SMILES string of the molecule is COC(=O)c1cnc(-c2ccccc2)c(OCc2ccccc2)c1. The molecular formula is C20H17NO3. The third kappa shape index (κ3) is 3.60. The van der Waals surface area contributed by atoms with Crippen LogP contribution in [-0.2, 0) is 11.3 Å². The van der Waals surface area contributed by atoms with Gasteiger partial charge in [0.1, 0.15) is 18.1 Å². The monoisotopic (exact) mass is 319 g/mol. The number of methoxy groups -OCH3 is 1. The Hall–Kier alpha value is -3.14. The van der Waals surface area contributed by atoms with Crippen LogP contribution in [0, 0.1) is 0 Å². The van der Waals surface area contributed by atoms with E-state index < -0.39 is 5.97 Å². The Balaban J connectivity index is 1.94. The zero-order valence-corrected chi connectivity index (χ0v) is 13.3. The second kappa shape index (κ2) is 7.42. The molecule has 4 nitrogen and oxygen atoms in total. The first-order valence-corrected chi connectivity index (χ1v) is 7.58. The molecule has 0 bridgehead atoms. The topological polar surface area (TPSA) is 48.4 Å². The number of benzene rings is 2. The lowest BCUT2D eigenvalue weighted by atomic mass is 10.1. The first-order valence-electron chi connectivity index (χ1n) is 7.58. The van der Waals surface area contributed by atoms with E-state index in [0.29, 0.717) is 23.6 Å². The second-order valence-corrected chi connectivity index (χ2v) is 5.20. The molecule has 0 atom stereocenters. The fourth-order valence-electron chi connectivity index (χ4n) is 2.33. The van der Waals surface area contributed by atoms with Gasteiger partial charge in [-0.3, -0.25) is 4.98 Å². The molecule has 0 spiro atoms. The second-order valence-electron chi connectivity index (χ2n) is 5.20. The number of esters is 1. The summed E-state index contributed by atoms with van der Waals surface area (Å²) >= 11 is 0. The Morgan fingerprint density at radius 2 is 1.67 bits per heavy atom. The standard InChI is InChI=1S/C20H17NO3/c1-23-20(22)17-12-18(24-14-15-8-4-2-5-9-15)19(21-13-17)16-10-6-3-7-11-16/h2-13H,14H2,1H3. The van der Waals surface area contributed by atoms with Gasteiger partial charge in [0.05, 0.1) is 12.7 Å². The highest BCUT2D eigenvalue weighted by atomic mass is 16.5. The van der Waals surface area contributed by atoms with Crippen LogP contribution in [0.3, 0.4) is 0 Å². The van der Waals surface area contributed by atoms with Gasteiger partial charge in [-0.1, -0.05) is 60.7 Å². The van der Waals surface area contributed by atoms with E-state index in [4.69, 9.17) is 9.47 Å². The van der Waals surface area contributed by atoms with Crippen LogP contribution in [0.2, 0.25) is 0 Å². The van der Waals surface area contributed by atoms with Crippen LogP contribution in [0.4, 0.5) is 0 Å². The molecule has 0 aliphatic carbocycles. The molecule has 0 aliphatic rings. The predicted molar refractivity (Wildman–Crippen MR) is 91.8 cm³/mol. The van der Waals surface area contributed by atoms with Crippen LogP contribution in [0.1, 0.15) is 15.9 Å². The van der Waals surface area contributed by atoms with Gasteiger partial charge >= 0.3 is 5.97 Å². The maximum Gasteiger partial charge on any atom is 0.339 e. The molecule has 24 heavy (non-hydrogen) atoms. The summed E-state index contributed by atoms with van der Waals surface area (Å²) in [6, 6.07) is 21.2. The lowest BCUT2D eigenvalue weighted by molar-refractivity contribution is 0.0599. The molecular weight excluding hydrogens is 302 g/mol. The van der Waals surface area contributed by atoms with Crippen molar-refractivity contribution in [3.05, 3.63) is 84.1 Å². The minimum atomic E-state index is -0.438. The maximum absolute atomic E-state index is 11.8. The van der Waals surface area contributed by atoms with Crippen molar-refractivity contribution < 1.29 is 14.3 Å². The van der Waals surface area contributed by atoms with Gasteiger partial charge in [0, 0.05) is 11.8 Å². The molecule has 0 saturated heterocycles. The number of ether oxygens (including phenoxy) is 2. The van der Waals surface area contributed by atoms with Gasteiger partial charge in [0.15, 0.2) is 0 Å². The highest BCUT2D eigenvalue weighted by molar-refractivity contribution is 5.90. The largest absolute Gasteiger partial charge is 0.487 e. The molecule has 120 valence electrons. The van der Waals surface area contributed by atoms with E-state index in [-0.39, 0.29) is 0 Å². The van der Waals surface area contributed by atoms with E-state index in [1.165, 1.54) is 13.3 Å². The Bertz CT molecular complexity index is 817. The Morgan fingerprint density at radius 1 is 1.00 bits per heavy atom. The van der Waals surface area contributed by atoms with Crippen molar-refractivity contribution in [1.82, 2.24) is 4.98 Å². The van der Waals surface area contributed by atoms with Gasteiger partial charge in [-0.25, -0.2) is 4.79 Å². The van der Waals surface area contributed by atoms with E-state index in [1.54, 1.807) is 6.07 Å². The van der Waals surface area contributed by atoms with Crippen molar-refractivity contribution in [2.75, 3.05) is 7.11 Å². The highest BCUT2D eigenvalue weighted by Crippen LogP contribution is 2.29. The average Bonchev–Trinajstić information content (AvgIpc) is 2.67. The number of aromatic nitrogens is 1. The molecule has 4 heteroatoms. The van der Waals surface area contributed by atoms with Crippen molar-refractivity contribution in [1.29, 1.82) is 0 Å². The number of nitrogens with zero attached hydrogens (tertiary/aromatic N) is 1. The number of rotatable bonds is 5. The van der Waals surface area contributed by atoms with Crippen LogP contribution >= 0.6 is 0 Å². The van der Waals surface area contributed by atoms with Crippen molar-refractivity contribution in [2.45, 2.75) is 6.61 Å². The number of carbonyl (C=O) groups is 1. The summed E-state index contributed by atoms with van der Waals surface area (Å²) in [7, 11) is 1.35. The lowest BCUT2D eigenvalue weighted by Gasteiger charge is -2.12. The zero-order valence-electron chi connectivity index (χ0n) is 13.3. The molecule has 2 aromatic carbocycles. The van der Waals surface area contributed by atoms with E-state index in [9.17, 15) is 4.79 Å². The van der Waals surface area contributed by atoms with Crippen LogP contribution in [0.25, 0.3) is 11.3 Å². The number of hydrogen-bond acceptors (Lipinski definition) is 4. The summed E-state index contributed by atoms with van der Waals surface area (Å²) in [6.45, 7) is 0.396. The smallest absolute Gasteiger partial charge is 0.339 e. The zero-order chi connectivity index (χ0) is 16.8. The first-order chi connectivity index (χ1) is 11.8. The summed E-state index contributed by atoms with van der Waals surface area (Å²) in [6.07, 6.45) is 1.50. The third-order valence-corrected chi connectivity index (χ3v) is 3.56. The minimum Gasteiger partial charge on any atom is -0.487 e. The van der Waals surface area contributed by atoms with Gasteiger partial charge in [-0.2, -0.15) is 0 Å². The molecule has 0 unspecified atom stereocenters. The van der Waals surface area contributed by atoms with Crippen LogP contribution in [-0.4, -0.2) is 18.1 Å². The summed E-state index contributed by atoms with van der Waals surface area (Å²) in [5.74, 6) is 0.111. The molecule has 0 fully saturated rings. The van der Waals surface area contributed by atoms with Crippen LogP contribution < -0.4 is 4.74 Å². The first kappa shape index (κ1) is 15.7. The number of pyridine rings is 1. The molecule has 1 aromatic heterocycles. The summed E-state index contributed by atoms with van der Waals surface area (Å²) in [4.78, 5) is 16.2. The molecule has 1 heterocycles. The third-order valence-electron chi connectivity index (χ3n) is 3.56.